The fourth-order valence-electron chi connectivity index (χ4n) is 2.08. The van der Waals surface area contributed by atoms with Gasteiger partial charge in [-0.1, -0.05) is 38.1 Å². The second-order valence-electron chi connectivity index (χ2n) is 4.21. The number of carboxylic acids is 1. The molecule has 1 aromatic rings. The van der Waals surface area contributed by atoms with Gasteiger partial charge in [-0.3, -0.25) is 9.69 Å². The van der Waals surface area contributed by atoms with Gasteiger partial charge in [-0.25, -0.2) is 0 Å². The molecule has 94 valence electrons. The van der Waals surface area contributed by atoms with E-state index >= 15 is 0 Å². The van der Waals surface area contributed by atoms with Crippen molar-refractivity contribution < 1.29 is 9.90 Å². The van der Waals surface area contributed by atoms with Gasteiger partial charge in [-0.15, -0.1) is 0 Å². The molecule has 1 rings (SSSR count). The fraction of sp³-hybridized carbons (Fsp3) is 0.500. The quantitative estimate of drug-likeness (QED) is 0.822. The molecule has 0 saturated carbocycles. The number of nitrogens with zero attached hydrogens (tertiary/aromatic N) is 1. The van der Waals surface area contributed by atoms with Crippen molar-refractivity contribution in [2.24, 2.45) is 0 Å². The van der Waals surface area contributed by atoms with Crippen LogP contribution in [0.2, 0.25) is 0 Å². The van der Waals surface area contributed by atoms with Gasteiger partial charge in [0.1, 0.15) is 6.04 Å². The van der Waals surface area contributed by atoms with E-state index in [2.05, 4.69) is 0 Å². The Morgan fingerprint density at radius 3 is 2.35 bits per heavy atom. The number of aryl methyl sites for hydroxylation is 1. The van der Waals surface area contributed by atoms with Crippen LogP contribution in [0, 0.1) is 6.92 Å². The van der Waals surface area contributed by atoms with E-state index in [4.69, 9.17) is 0 Å². The molecule has 1 aromatic carbocycles. The van der Waals surface area contributed by atoms with E-state index in [9.17, 15) is 9.90 Å². The van der Waals surface area contributed by atoms with Crippen LogP contribution < -0.4 is 0 Å². The first-order valence-electron chi connectivity index (χ1n) is 6.11. The summed E-state index contributed by atoms with van der Waals surface area (Å²) in [6.07, 6.45) is 0.573. The largest absolute Gasteiger partial charge is 0.480 e. The number of likely N-dealkylation sites (N-methyl/N-ethyl adjacent to an activating group) is 1. The van der Waals surface area contributed by atoms with Gasteiger partial charge in [0.05, 0.1) is 0 Å². The summed E-state index contributed by atoms with van der Waals surface area (Å²) in [5.74, 6) is -0.739. The third-order valence-electron chi connectivity index (χ3n) is 3.21. The van der Waals surface area contributed by atoms with Crippen LogP contribution >= 0.6 is 0 Å². The molecule has 0 spiro atoms. The van der Waals surface area contributed by atoms with Crippen LogP contribution in [0.25, 0.3) is 0 Å². The molecule has 3 heteroatoms. The second kappa shape index (κ2) is 6.40. The highest BCUT2D eigenvalue weighted by Gasteiger charge is 2.23. The van der Waals surface area contributed by atoms with Crippen molar-refractivity contribution >= 4 is 5.97 Å². The predicted octanol–water partition coefficient (Wildman–Crippen LogP) is 2.33. The smallest absolute Gasteiger partial charge is 0.321 e. The lowest BCUT2D eigenvalue weighted by molar-refractivity contribution is -0.143. The van der Waals surface area contributed by atoms with Crippen LogP contribution in [0.3, 0.4) is 0 Å². The van der Waals surface area contributed by atoms with Gasteiger partial charge in [-0.2, -0.15) is 0 Å². The fourth-order valence-corrected chi connectivity index (χ4v) is 2.08. The van der Waals surface area contributed by atoms with E-state index in [1.165, 1.54) is 0 Å². The number of rotatable bonds is 6. The number of hydrogen-bond donors (Lipinski definition) is 1. The zero-order valence-corrected chi connectivity index (χ0v) is 10.8. The summed E-state index contributed by atoms with van der Waals surface area (Å²) in [6, 6.07) is 7.55. The Morgan fingerprint density at radius 2 is 1.88 bits per heavy atom. The molecule has 0 aliphatic heterocycles. The summed E-state index contributed by atoms with van der Waals surface area (Å²) in [7, 11) is 0. The Labute approximate surface area is 103 Å². The van der Waals surface area contributed by atoms with Crippen LogP contribution in [0.1, 0.15) is 25.0 Å². The molecule has 0 amide bonds. The molecule has 0 saturated heterocycles. The molecule has 0 heterocycles. The summed E-state index contributed by atoms with van der Waals surface area (Å²) in [4.78, 5) is 13.3. The predicted molar refractivity (Wildman–Crippen MR) is 69.2 cm³/mol. The molecular weight excluding hydrogens is 214 g/mol. The third kappa shape index (κ3) is 3.56. The number of hydrogen-bond acceptors (Lipinski definition) is 2. The summed E-state index contributed by atoms with van der Waals surface area (Å²) in [5, 5.41) is 9.32. The van der Waals surface area contributed by atoms with E-state index in [0.29, 0.717) is 6.42 Å². The van der Waals surface area contributed by atoms with Crippen molar-refractivity contribution in [1.29, 1.82) is 0 Å². The Kier molecular flexibility index (Phi) is 5.16. The minimum Gasteiger partial charge on any atom is -0.480 e. The zero-order chi connectivity index (χ0) is 12.8. The summed E-state index contributed by atoms with van der Waals surface area (Å²) >= 11 is 0. The average molecular weight is 235 g/mol. The van der Waals surface area contributed by atoms with E-state index in [1.54, 1.807) is 0 Å². The molecule has 1 N–H and O–H groups in total. The van der Waals surface area contributed by atoms with Crippen molar-refractivity contribution in [2.75, 3.05) is 13.1 Å². The minimum absolute atomic E-state index is 0.425. The van der Waals surface area contributed by atoms with E-state index in [-0.39, 0.29) is 0 Å². The average Bonchev–Trinajstić information content (AvgIpc) is 2.31. The van der Waals surface area contributed by atoms with Crippen molar-refractivity contribution in [3.8, 4) is 0 Å². The lowest BCUT2D eigenvalue weighted by Crippen LogP contribution is -2.42. The number of carbonyl (C=O) groups is 1. The van der Waals surface area contributed by atoms with Crippen molar-refractivity contribution in [1.82, 2.24) is 4.90 Å². The normalized spacial score (nSPS) is 12.7. The van der Waals surface area contributed by atoms with Gasteiger partial charge < -0.3 is 5.11 Å². The monoisotopic (exact) mass is 235 g/mol. The van der Waals surface area contributed by atoms with Crippen LogP contribution in [0.5, 0.6) is 0 Å². The van der Waals surface area contributed by atoms with Crippen molar-refractivity contribution in [3.63, 3.8) is 0 Å². The highest BCUT2D eigenvalue weighted by Crippen LogP contribution is 2.13. The molecule has 0 fully saturated rings. The van der Waals surface area contributed by atoms with Crippen molar-refractivity contribution in [3.05, 3.63) is 35.4 Å². The Hall–Kier alpha value is -1.35. The highest BCUT2D eigenvalue weighted by atomic mass is 16.4. The van der Waals surface area contributed by atoms with Crippen LogP contribution in [-0.2, 0) is 11.2 Å². The third-order valence-corrected chi connectivity index (χ3v) is 3.21. The Balaban J connectivity index is 2.87. The molecule has 0 radical (unpaired) electrons. The van der Waals surface area contributed by atoms with Gasteiger partial charge in [0.15, 0.2) is 0 Å². The number of carboxylic acid groups (broad SMARTS) is 1. The SMILES string of the molecule is CCN(CC)[C@@H](Cc1ccccc1C)C(=O)O. The van der Waals surface area contributed by atoms with Gasteiger partial charge in [0.25, 0.3) is 0 Å². The van der Waals surface area contributed by atoms with Gasteiger partial charge in [0, 0.05) is 0 Å². The van der Waals surface area contributed by atoms with Crippen LogP contribution in [-0.4, -0.2) is 35.1 Å². The van der Waals surface area contributed by atoms with Crippen LogP contribution in [0.4, 0.5) is 0 Å². The lowest BCUT2D eigenvalue weighted by atomic mass is 10.00. The maximum absolute atomic E-state index is 11.3. The molecule has 1 atom stereocenters. The lowest BCUT2D eigenvalue weighted by Gasteiger charge is -2.26. The number of benzene rings is 1. The molecule has 0 aromatic heterocycles. The molecule has 3 nitrogen and oxygen atoms in total. The first-order chi connectivity index (χ1) is 8.10. The van der Waals surface area contributed by atoms with Gasteiger partial charge in [0.2, 0.25) is 0 Å². The Morgan fingerprint density at radius 1 is 1.29 bits per heavy atom. The van der Waals surface area contributed by atoms with Crippen LogP contribution in [0.15, 0.2) is 24.3 Å². The van der Waals surface area contributed by atoms with E-state index in [0.717, 1.165) is 24.2 Å². The molecule has 17 heavy (non-hydrogen) atoms. The maximum Gasteiger partial charge on any atom is 0.321 e. The van der Waals surface area contributed by atoms with Gasteiger partial charge >= 0.3 is 5.97 Å². The topological polar surface area (TPSA) is 40.5 Å². The molecule has 0 bridgehead atoms. The molecule has 0 unspecified atom stereocenters. The molecule has 0 aliphatic rings. The van der Waals surface area contributed by atoms with E-state index in [1.807, 2.05) is 49.9 Å². The minimum atomic E-state index is -0.739. The first kappa shape index (κ1) is 13.7. The Bertz CT molecular complexity index is 372. The summed E-state index contributed by atoms with van der Waals surface area (Å²) in [6.45, 7) is 7.55. The maximum atomic E-state index is 11.3. The van der Waals surface area contributed by atoms with Gasteiger partial charge in [-0.05, 0) is 37.6 Å². The standard InChI is InChI=1S/C14H21NO2/c1-4-15(5-2)13(14(16)17)10-12-9-7-6-8-11(12)3/h6-9,13H,4-5,10H2,1-3H3,(H,16,17)/t13-/m0/s1. The highest BCUT2D eigenvalue weighted by molar-refractivity contribution is 5.74. The number of aliphatic carboxylic acids is 1. The molecule has 0 aliphatic carbocycles. The summed E-state index contributed by atoms with van der Waals surface area (Å²) in [5.41, 5.74) is 2.28. The molecular formula is C14H21NO2. The van der Waals surface area contributed by atoms with E-state index < -0.39 is 12.0 Å². The van der Waals surface area contributed by atoms with Crippen molar-refractivity contribution in [2.45, 2.75) is 33.2 Å². The zero-order valence-electron chi connectivity index (χ0n) is 10.8. The second-order valence-corrected chi connectivity index (χ2v) is 4.21. The summed E-state index contributed by atoms with van der Waals surface area (Å²) < 4.78 is 0. The first-order valence-corrected chi connectivity index (χ1v) is 6.11.